The first kappa shape index (κ1) is 18.1. The summed E-state index contributed by atoms with van der Waals surface area (Å²) in [6.07, 6.45) is 3.64. The molecular weight excluding hydrogens is 334 g/mol. The average Bonchev–Trinajstić information content (AvgIpc) is 3.14. The number of amides is 2. The highest BCUT2D eigenvalue weighted by atomic mass is 16.5. The fourth-order valence-electron chi connectivity index (χ4n) is 2.99. The summed E-state index contributed by atoms with van der Waals surface area (Å²) in [6.45, 7) is 3.72. The van der Waals surface area contributed by atoms with Gasteiger partial charge in [0.05, 0.1) is 36.9 Å². The number of hydrogen-bond donors (Lipinski definition) is 1. The third-order valence-corrected chi connectivity index (χ3v) is 4.28. The summed E-state index contributed by atoms with van der Waals surface area (Å²) in [4.78, 5) is 30.6. The van der Waals surface area contributed by atoms with Gasteiger partial charge in [0.15, 0.2) is 0 Å². The summed E-state index contributed by atoms with van der Waals surface area (Å²) in [5.74, 6) is -0.167. The lowest BCUT2D eigenvalue weighted by atomic mass is 10.1. The van der Waals surface area contributed by atoms with Crippen LogP contribution >= 0.6 is 0 Å². The fourth-order valence-corrected chi connectivity index (χ4v) is 2.99. The van der Waals surface area contributed by atoms with Gasteiger partial charge in [0.25, 0.3) is 0 Å². The molecule has 0 aromatic carbocycles. The van der Waals surface area contributed by atoms with Crippen molar-refractivity contribution in [2.75, 3.05) is 19.8 Å². The lowest BCUT2D eigenvalue weighted by Crippen LogP contribution is -2.44. The summed E-state index contributed by atoms with van der Waals surface area (Å²) in [5, 5.41) is 7.20. The lowest BCUT2D eigenvalue weighted by molar-refractivity contribution is -0.138. The van der Waals surface area contributed by atoms with Crippen LogP contribution in [0.3, 0.4) is 0 Å². The third kappa shape index (κ3) is 4.45. The monoisotopic (exact) mass is 357 g/mol. The molecule has 3 heterocycles. The van der Waals surface area contributed by atoms with Gasteiger partial charge in [0, 0.05) is 25.5 Å². The van der Waals surface area contributed by atoms with Gasteiger partial charge >= 0.3 is 0 Å². The van der Waals surface area contributed by atoms with Crippen LogP contribution in [0.2, 0.25) is 0 Å². The van der Waals surface area contributed by atoms with Crippen molar-refractivity contribution in [1.82, 2.24) is 25.0 Å². The first-order valence-corrected chi connectivity index (χ1v) is 8.72. The van der Waals surface area contributed by atoms with Crippen LogP contribution in [0.1, 0.15) is 30.8 Å². The van der Waals surface area contributed by atoms with Crippen LogP contribution < -0.4 is 5.32 Å². The maximum Gasteiger partial charge on any atom is 0.248 e. The fraction of sp³-hybridized carbons (Fsp3) is 0.444. The Bertz CT molecular complexity index is 746. The number of aromatic nitrogens is 3. The second kappa shape index (κ2) is 8.57. The number of carbonyl (C=O) groups is 2. The van der Waals surface area contributed by atoms with Gasteiger partial charge in [0.1, 0.15) is 6.61 Å². The van der Waals surface area contributed by atoms with Crippen molar-refractivity contribution < 1.29 is 14.3 Å². The molecule has 1 aliphatic rings. The van der Waals surface area contributed by atoms with E-state index in [4.69, 9.17) is 4.74 Å². The van der Waals surface area contributed by atoms with Crippen molar-refractivity contribution in [2.45, 2.75) is 32.5 Å². The minimum Gasteiger partial charge on any atom is -0.372 e. The highest BCUT2D eigenvalue weighted by molar-refractivity contribution is 5.78. The zero-order valence-electron chi connectivity index (χ0n) is 14.8. The molecule has 138 valence electrons. The van der Waals surface area contributed by atoms with Gasteiger partial charge in [-0.1, -0.05) is 6.07 Å². The molecule has 8 nitrogen and oxygen atoms in total. The van der Waals surface area contributed by atoms with E-state index in [0.717, 1.165) is 11.4 Å². The molecule has 8 heteroatoms. The molecule has 1 aliphatic heterocycles. The van der Waals surface area contributed by atoms with Crippen molar-refractivity contribution in [3.8, 4) is 0 Å². The SMILES string of the molecule is CCOCC(=O)N1Cc2ccnn2[C@H](CC(=O)NCc2ccccn2)C1. The largest absolute Gasteiger partial charge is 0.372 e. The van der Waals surface area contributed by atoms with Crippen LogP contribution in [0.5, 0.6) is 0 Å². The smallest absolute Gasteiger partial charge is 0.248 e. The lowest BCUT2D eigenvalue weighted by Gasteiger charge is -2.33. The molecule has 0 fully saturated rings. The molecule has 0 spiro atoms. The van der Waals surface area contributed by atoms with Crippen LogP contribution in [0.15, 0.2) is 36.7 Å². The van der Waals surface area contributed by atoms with Gasteiger partial charge in [-0.15, -0.1) is 0 Å². The molecule has 0 aliphatic carbocycles. The number of pyridine rings is 1. The van der Waals surface area contributed by atoms with Crippen LogP contribution in [0.25, 0.3) is 0 Å². The van der Waals surface area contributed by atoms with E-state index >= 15 is 0 Å². The molecule has 1 atom stereocenters. The summed E-state index contributed by atoms with van der Waals surface area (Å²) >= 11 is 0. The van der Waals surface area contributed by atoms with Gasteiger partial charge in [0.2, 0.25) is 11.8 Å². The van der Waals surface area contributed by atoms with E-state index in [1.54, 1.807) is 17.3 Å². The van der Waals surface area contributed by atoms with E-state index in [0.29, 0.717) is 26.2 Å². The zero-order chi connectivity index (χ0) is 18.4. The van der Waals surface area contributed by atoms with E-state index in [2.05, 4.69) is 15.4 Å². The Labute approximate surface area is 152 Å². The Morgan fingerprint density at radius 3 is 2.96 bits per heavy atom. The van der Waals surface area contributed by atoms with Gasteiger partial charge in [-0.3, -0.25) is 19.3 Å². The van der Waals surface area contributed by atoms with Gasteiger partial charge in [-0.2, -0.15) is 5.10 Å². The number of nitrogens with zero attached hydrogens (tertiary/aromatic N) is 4. The van der Waals surface area contributed by atoms with Gasteiger partial charge < -0.3 is 15.0 Å². The standard InChI is InChI=1S/C18H23N5O3/c1-2-26-13-18(25)22-11-15-6-8-21-23(15)16(12-22)9-17(24)20-10-14-5-3-4-7-19-14/h3-8,16H,2,9-13H2,1H3,(H,20,24)/t16-/m1/s1. The Balaban J connectivity index is 1.60. The molecule has 0 radical (unpaired) electrons. The number of hydrogen-bond acceptors (Lipinski definition) is 5. The highest BCUT2D eigenvalue weighted by Gasteiger charge is 2.29. The Kier molecular flexibility index (Phi) is 5.96. The maximum atomic E-state index is 12.4. The molecule has 26 heavy (non-hydrogen) atoms. The van der Waals surface area contributed by atoms with Crippen LogP contribution in [-0.2, 0) is 27.4 Å². The number of carbonyl (C=O) groups excluding carboxylic acids is 2. The Morgan fingerprint density at radius 1 is 1.31 bits per heavy atom. The molecule has 1 N–H and O–H groups in total. The molecular formula is C18H23N5O3. The normalized spacial score (nSPS) is 16.2. The molecule has 0 bridgehead atoms. The molecule has 2 aromatic rings. The van der Waals surface area contributed by atoms with E-state index in [-0.39, 0.29) is 30.9 Å². The van der Waals surface area contributed by atoms with Crippen molar-refractivity contribution in [3.05, 3.63) is 48.0 Å². The second-order valence-corrected chi connectivity index (χ2v) is 6.13. The van der Waals surface area contributed by atoms with E-state index in [9.17, 15) is 9.59 Å². The zero-order valence-corrected chi connectivity index (χ0v) is 14.8. The Hall–Kier alpha value is -2.74. The van der Waals surface area contributed by atoms with Gasteiger partial charge in [-0.05, 0) is 25.1 Å². The molecule has 0 saturated heterocycles. The van der Waals surface area contributed by atoms with Crippen LogP contribution in [-0.4, -0.2) is 51.2 Å². The van der Waals surface area contributed by atoms with E-state index in [1.165, 1.54) is 0 Å². The van der Waals surface area contributed by atoms with Crippen molar-refractivity contribution in [1.29, 1.82) is 0 Å². The molecule has 3 rings (SSSR count). The average molecular weight is 357 g/mol. The molecule has 0 unspecified atom stereocenters. The summed E-state index contributed by atoms with van der Waals surface area (Å²) in [5.41, 5.74) is 1.72. The quantitative estimate of drug-likeness (QED) is 0.795. The molecule has 2 amide bonds. The van der Waals surface area contributed by atoms with E-state index < -0.39 is 0 Å². The first-order chi connectivity index (χ1) is 12.7. The topological polar surface area (TPSA) is 89.4 Å². The summed E-state index contributed by atoms with van der Waals surface area (Å²) < 4.78 is 7.06. The number of fused-ring (bicyclic) bond motifs is 1. The minimum atomic E-state index is -0.192. The summed E-state index contributed by atoms with van der Waals surface area (Å²) in [7, 11) is 0. The maximum absolute atomic E-state index is 12.4. The van der Waals surface area contributed by atoms with Crippen molar-refractivity contribution in [3.63, 3.8) is 0 Å². The van der Waals surface area contributed by atoms with Gasteiger partial charge in [-0.25, -0.2) is 0 Å². The van der Waals surface area contributed by atoms with Crippen LogP contribution in [0.4, 0.5) is 0 Å². The number of nitrogens with one attached hydrogen (secondary N) is 1. The first-order valence-electron chi connectivity index (χ1n) is 8.72. The van der Waals surface area contributed by atoms with Crippen molar-refractivity contribution in [2.24, 2.45) is 0 Å². The summed E-state index contributed by atoms with van der Waals surface area (Å²) in [6, 6.07) is 7.26. The Morgan fingerprint density at radius 2 is 2.19 bits per heavy atom. The van der Waals surface area contributed by atoms with Crippen molar-refractivity contribution >= 4 is 11.8 Å². The predicted molar refractivity (Wildman–Crippen MR) is 93.9 cm³/mol. The van der Waals surface area contributed by atoms with E-state index in [1.807, 2.05) is 35.9 Å². The highest BCUT2D eigenvalue weighted by Crippen LogP contribution is 2.23. The minimum absolute atomic E-state index is 0.0588. The third-order valence-electron chi connectivity index (χ3n) is 4.28. The molecule has 2 aromatic heterocycles. The molecule has 0 saturated carbocycles. The number of rotatable bonds is 7. The van der Waals surface area contributed by atoms with Crippen LogP contribution in [0, 0.1) is 0 Å². The number of ether oxygens (including phenoxy) is 1. The second-order valence-electron chi connectivity index (χ2n) is 6.13. The predicted octanol–water partition coefficient (Wildman–Crippen LogP) is 0.904.